The third-order valence-corrected chi connectivity index (χ3v) is 3.80. The van der Waals surface area contributed by atoms with Gasteiger partial charge in [-0.05, 0) is 42.0 Å². The number of nitrogens with one attached hydrogen (secondary N) is 2. The summed E-state index contributed by atoms with van der Waals surface area (Å²) >= 11 is 0. The number of hydrogen-bond acceptors (Lipinski definition) is 6. The number of allylic oxidation sites excluding steroid dienone is 1. The summed E-state index contributed by atoms with van der Waals surface area (Å²) in [5.74, 6) is -1.72. The first-order valence-corrected chi connectivity index (χ1v) is 7.46. The molecule has 8 nitrogen and oxygen atoms in total. The number of hydrogen-bond donors (Lipinski definition) is 2. The van der Waals surface area contributed by atoms with Gasteiger partial charge in [0, 0.05) is 5.56 Å². The van der Waals surface area contributed by atoms with E-state index in [1.165, 1.54) is 24.3 Å². The van der Waals surface area contributed by atoms with Crippen LogP contribution in [0, 0.1) is 11.3 Å². The summed E-state index contributed by atoms with van der Waals surface area (Å²) in [6, 6.07) is 11.1. The molecule has 0 aliphatic carbocycles. The second kappa shape index (κ2) is 5.75. The molecule has 0 spiro atoms. The average molecular weight is 347 g/mol. The number of ketones is 1. The summed E-state index contributed by atoms with van der Waals surface area (Å²) in [7, 11) is 0. The lowest BCUT2D eigenvalue weighted by atomic mass is 10.0. The first kappa shape index (κ1) is 15.4. The van der Waals surface area contributed by atoms with Crippen molar-refractivity contribution >= 4 is 34.1 Å². The molecule has 0 aliphatic heterocycles. The van der Waals surface area contributed by atoms with Crippen LogP contribution in [0.15, 0.2) is 60.4 Å². The number of aromatic nitrogens is 2. The van der Waals surface area contributed by atoms with Crippen molar-refractivity contribution in [3.05, 3.63) is 74.2 Å². The van der Waals surface area contributed by atoms with Gasteiger partial charge >= 0.3 is 11.5 Å². The minimum Gasteiger partial charge on any atom is -0.408 e. The van der Waals surface area contributed by atoms with Gasteiger partial charge in [0.05, 0.1) is 11.0 Å². The first-order valence-electron chi connectivity index (χ1n) is 7.46. The van der Waals surface area contributed by atoms with Crippen LogP contribution in [-0.2, 0) is 0 Å². The molecule has 0 amide bonds. The van der Waals surface area contributed by atoms with Crippen molar-refractivity contribution in [3.8, 4) is 6.07 Å². The van der Waals surface area contributed by atoms with Crippen molar-refractivity contribution in [3.63, 3.8) is 0 Å². The van der Waals surface area contributed by atoms with Crippen molar-refractivity contribution in [2.75, 3.05) is 0 Å². The summed E-state index contributed by atoms with van der Waals surface area (Å²) in [5, 5.41) is 9.36. The number of oxazole rings is 2. The quantitative estimate of drug-likeness (QED) is 0.332. The highest BCUT2D eigenvalue weighted by Crippen LogP contribution is 2.19. The van der Waals surface area contributed by atoms with Crippen LogP contribution in [0.25, 0.3) is 28.3 Å². The average Bonchev–Trinajstić information content (AvgIpc) is 3.18. The van der Waals surface area contributed by atoms with Crippen LogP contribution >= 0.6 is 0 Å². The summed E-state index contributed by atoms with van der Waals surface area (Å²) in [4.78, 5) is 40.0. The minimum atomic E-state index is -0.622. The highest BCUT2D eigenvalue weighted by molar-refractivity contribution is 6.15. The van der Waals surface area contributed by atoms with Crippen molar-refractivity contribution in [2.45, 2.75) is 0 Å². The van der Waals surface area contributed by atoms with E-state index in [1.54, 1.807) is 18.2 Å². The molecule has 0 atom stereocenters. The lowest BCUT2D eigenvalue weighted by Gasteiger charge is -2.00. The summed E-state index contributed by atoms with van der Waals surface area (Å²) < 4.78 is 9.84. The maximum absolute atomic E-state index is 12.6. The number of rotatable bonds is 3. The number of carbonyl (C=O) groups excluding carboxylic acids is 1. The number of nitriles is 1. The molecule has 0 unspecified atom stereocenters. The lowest BCUT2D eigenvalue weighted by Crippen LogP contribution is -2.01. The second-order valence-electron chi connectivity index (χ2n) is 5.49. The van der Waals surface area contributed by atoms with Gasteiger partial charge in [-0.3, -0.25) is 14.8 Å². The zero-order valence-electron chi connectivity index (χ0n) is 13.0. The molecule has 26 heavy (non-hydrogen) atoms. The van der Waals surface area contributed by atoms with Gasteiger partial charge in [-0.25, -0.2) is 9.59 Å². The highest BCUT2D eigenvalue weighted by Gasteiger charge is 2.14. The van der Waals surface area contributed by atoms with E-state index >= 15 is 0 Å². The number of fused-ring (bicyclic) bond motifs is 2. The fourth-order valence-electron chi connectivity index (χ4n) is 2.62. The highest BCUT2D eigenvalue weighted by atomic mass is 16.4. The van der Waals surface area contributed by atoms with Gasteiger partial charge in [0.1, 0.15) is 11.6 Å². The molecule has 2 aromatic heterocycles. The van der Waals surface area contributed by atoms with Crippen LogP contribution in [0.3, 0.4) is 0 Å². The minimum absolute atomic E-state index is 0.104. The first-order chi connectivity index (χ1) is 12.5. The molecule has 0 saturated heterocycles. The Bertz CT molecular complexity index is 1360. The van der Waals surface area contributed by atoms with E-state index in [0.717, 1.165) is 0 Å². The van der Waals surface area contributed by atoms with E-state index in [4.69, 9.17) is 8.83 Å². The largest absolute Gasteiger partial charge is 0.417 e. The fourth-order valence-corrected chi connectivity index (χ4v) is 2.62. The molecule has 4 rings (SSSR count). The summed E-state index contributed by atoms with van der Waals surface area (Å²) in [6.45, 7) is 0. The molecule has 2 heterocycles. The Balaban J connectivity index is 1.75. The maximum Gasteiger partial charge on any atom is 0.417 e. The molecule has 0 bridgehead atoms. The predicted molar refractivity (Wildman–Crippen MR) is 91.6 cm³/mol. The molecule has 8 heteroatoms. The van der Waals surface area contributed by atoms with E-state index in [1.807, 2.05) is 6.07 Å². The number of aromatic amines is 2. The number of Topliss-reactive ketones (excluding diaryl/α,β-unsaturated/α-hetero) is 1. The number of nitrogens with zero attached hydrogens (tertiary/aromatic N) is 1. The summed E-state index contributed by atoms with van der Waals surface area (Å²) in [6.07, 6.45) is 1.41. The standard InChI is InChI=1S/C18H9N3O5/c19-8-11(5-9-1-4-14-13(6-9)21-18(24)25-14)16(22)10-2-3-12-15(7-10)26-17(23)20-12/h1-7H,(H,20,23)(H,21,24)/b11-5+. The monoisotopic (exact) mass is 347 g/mol. The maximum atomic E-state index is 12.6. The molecule has 2 aromatic carbocycles. The smallest absolute Gasteiger partial charge is 0.408 e. The molecule has 4 aromatic rings. The van der Waals surface area contributed by atoms with Crippen LogP contribution < -0.4 is 11.5 Å². The molecular weight excluding hydrogens is 338 g/mol. The van der Waals surface area contributed by atoms with Gasteiger partial charge in [-0.15, -0.1) is 0 Å². The van der Waals surface area contributed by atoms with Crippen LogP contribution in [0.2, 0.25) is 0 Å². The Morgan fingerprint density at radius 1 is 0.962 bits per heavy atom. The Labute approximate surface area is 144 Å². The van der Waals surface area contributed by atoms with E-state index in [-0.39, 0.29) is 16.7 Å². The Morgan fingerprint density at radius 2 is 1.69 bits per heavy atom. The SMILES string of the molecule is N#C/C(=C\c1ccc2oc(=O)[nH]c2c1)C(=O)c1ccc2[nH]c(=O)oc2c1. The van der Waals surface area contributed by atoms with Gasteiger partial charge in [-0.2, -0.15) is 5.26 Å². The summed E-state index contributed by atoms with van der Waals surface area (Å²) in [5.41, 5.74) is 2.19. The van der Waals surface area contributed by atoms with Crippen molar-refractivity contribution in [1.82, 2.24) is 9.97 Å². The van der Waals surface area contributed by atoms with Gasteiger partial charge in [0.25, 0.3) is 0 Å². The van der Waals surface area contributed by atoms with Crippen LogP contribution in [0.4, 0.5) is 0 Å². The Hall–Kier alpha value is -4.12. The van der Waals surface area contributed by atoms with Crippen molar-refractivity contribution < 1.29 is 13.6 Å². The molecule has 0 aliphatic rings. The Morgan fingerprint density at radius 3 is 2.46 bits per heavy atom. The normalized spacial score (nSPS) is 11.7. The van der Waals surface area contributed by atoms with Crippen LogP contribution in [0.5, 0.6) is 0 Å². The number of carbonyl (C=O) groups is 1. The molecule has 0 saturated carbocycles. The van der Waals surface area contributed by atoms with E-state index < -0.39 is 17.3 Å². The van der Waals surface area contributed by atoms with E-state index in [0.29, 0.717) is 22.2 Å². The predicted octanol–water partition coefficient (Wildman–Crippen LogP) is 2.35. The van der Waals surface area contributed by atoms with Crippen molar-refractivity contribution in [2.24, 2.45) is 0 Å². The molecular formula is C18H9N3O5. The van der Waals surface area contributed by atoms with Gasteiger partial charge in [0.2, 0.25) is 5.78 Å². The third kappa shape index (κ3) is 2.63. The van der Waals surface area contributed by atoms with E-state index in [9.17, 15) is 19.6 Å². The van der Waals surface area contributed by atoms with Gasteiger partial charge in [0.15, 0.2) is 11.2 Å². The molecule has 126 valence electrons. The molecule has 0 fully saturated rings. The van der Waals surface area contributed by atoms with Crippen LogP contribution in [0.1, 0.15) is 15.9 Å². The lowest BCUT2D eigenvalue weighted by molar-refractivity contribution is 0.104. The van der Waals surface area contributed by atoms with Gasteiger partial charge in [-0.1, -0.05) is 6.07 Å². The number of H-pyrrole nitrogens is 2. The fraction of sp³-hybridized carbons (Fsp3) is 0. The third-order valence-electron chi connectivity index (χ3n) is 3.80. The second-order valence-corrected chi connectivity index (χ2v) is 5.49. The van der Waals surface area contributed by atoms with E-state index in [2.05, 4.69) is 9.97 Å². The molecule has 0 radical (unpaired) electrons. The zero-order chi connectivity index (χ0) is 18.3. The topological polar surface area (TPSA) is 133 Å². The number of benzene rings is 2. The molecule has 2 N–H and O–H groups in total. The van der Waals surface area contributed by atoms with Crippen LogP contribution in [-0.4, -0.2) is 15.8 Å². The van der Waals surface area contributed by atoms with Gasteiger partial charge < -0.3 is 8.83 Å². The Kier molecular flexibility index (Phi) is 3.41. The van der Waals surface area contributed by atoms with Crippen molar-refractivity contribution in [1.29, 1.82) is 5.26 Å². The zero-order valence-corrected chi connectivity index (χ0v) is 13.0.